The minimum Gasteiger partial charge on any atom is -0.462 e. The van der Waals surface area contributed by atoms with Gasteiger partial charge in [0, 0.05) is 19.3 Å². The summed E-state index contributed by atoms with van der Waals surface area (Å²) < 4.78 is 16.8. The van der Waals surface area contributed by atoms with Gasteiger partial charge in [-0.1, -0.05) is 256 Å². The number of rotatable bonds is 53. The van der Waals surface area contributed by atoms with Crippen molar-refractivity contribution in [1.82, 2.24) is 0 Å². The van der Waals surface area contributed by atoms with Crippen LogP contribution >= 0.6 is 0 Å². The molecule has 0 aromatic carbocycles. The van der Waals surface area contributed by atoms with E-state index in [9.17, 15) is 14.4 Å². The molecule has 0 amide bonds. The van der Waals surface area contributed by atoms with Gasteiger partial charge in [-0.15, -0.1) is 0 Å². The Morgan fingerprint density at radius 1 is 0.299 bits per heavy atom. The van der Waals surface area contributed by atoms with Crippen molar-refractivity contribution in [1.29, 1.82) is 0 Å². The van der Waals surface area contributed by atoms with Crippen LogP contribution in [-0.2, 0) is 28.6 Å². The Bertz CT molecular complexity index is 1170. The van der Waals surface area contributed by atoms with E-state index in [1.54, 1.807) is 0 Å². The molecular weight excluding hydrogens is 829 g/mol. The molecule has 0 aliphatic carbocycles. The molecule has 0 aliphatic heterocycles. The normalized spacial score (nSPS) is 12.3. The number of allylic oxidation sites excluding steroid dienone is 8. The minimum absolute atomic E-state index is 0.0861. The molecule has 0 aliphatic rings. The Morgan fingerprint density at radius 2 is 0.552 bits per heavy atom. The van der Waals surface area contributed by atoms with Gasteiger partial charge in [-0.2, -0.15) is 0 Å². The van der Waals surface area contributed by atoms with Crippen LogP contribution in [0.25, 0.3) is 0 Å². The van der Waals surface area contributed by atoms with Gasteiger partial charge in [0.1, 0.15) is 13.2 Å². The van der Waals surface area contributed by atoms with Crippen molar-refractivity contribution in [3.05, 3.63) is 48.6 Å². The summed E-state index contributed by atoms with van der Waals surface area (Å²) in [6.07, 6.45) is 68.3. The second-order valence-corrected chi connectivity index (χ2v) is 19.6. The third kappa shape index (κ3) is 54.2. The van der Waals surface area contributed by atoms with E-state index < -0.39 is 6.10 Å². The van der Waals surface area contributed by atoms with Gasteiger partial charge >= 0.3 is 17.9 Å². The molecule has 390 valence electrons. The standard InChI is InChI=1S/C61H110O6/c1-4-7-10-13-16-19-22-24-26-28-29-30-31-33-35-37-40-42-45-48-51-54-60(63)66-57-58(67-61(64)55-52-49-46-43-38-21-18-15-12-9-6-3)56-65-59(62)53-50-47-44-41-39-36-34-32-27-25-23-20-17-14-11-8-5-2/h24-27,34,36,41,44,58H,4-23,28-33,35,37-40,42-43,45-57H2,1-3H3/b26-24-,27-25-,36-34-,44-41-/t58-/m0/s1. The lowest BCUT2D eigenvalue weighted by Gasteiger charge is -2.18. The molecule has 0 bridgehead atoms. The zero-order valence-electron chi connectivity index (χ0n) is 44.7. The molecule has 6 heteroatoms. The molecule has 67 heavy (non-hydrogen) atoms. The van der Waals surface area contributed by atoms with Crippen molar-refractivity contribution in [2.45, 2.75) is 309 Å². The number of hydrogen-bond donors (Lipinski definition) is 0. The zero-order chi connectivity index (χ0) is 48.6. The Labute approximate surface area is 416 Å². The van der Waals surface area contributed by atoms with E-state index >= 15 is 0 Å². The number of unbranched alkanes of at least 4 members (excludes halogenated alkanes) is 34. The first kappa shape index (κ1) is 64.4. The fraction of sp³-hybridized carbons (Fsp3) is 0.820. The first-order valence-electron chi connectivity index (χ1n) is 29.1. The highest BCUT2D eigenvalue weighted by Gasteiger charge is 2.19. The second-order valence-electron chi connectivity index (χ2n) is 19.6. The summed E-state index contributed by atoms with van der Waals surface area (Å²) in [6, 6.07) is 0. The maximum Gasteiger partial charge on any atom is 0.306 e. The number of ether oxygens (including phenoxy) is 3. The van der Waals surface area contributed by atoms with Gasteiger partial charge in [-0.25, -0.2) is 0 Å². The van der Waals surface area contributed by atoms with Crippen LogP contribution in [0.4, 0.5) is 0 Å². The number of carbonyl (C=O) groups is 3. The van der Waals surface area contributed by atoms with Crippen LogP contribution in [0.1, 0.15) is 303 Å². The molecule has 0 spiro atoms. The van der Waals surface area contributed by atoms with Crippen molar-refractivity contribution in [2.75, 3.05) is 13.2 Å². The molecule has 6 nitrogen and oxygen atoms in total. The minimum atomic E-state index is -0.790. The third-order valence-electron chi connectivity index (χ3n) is 12.8. The number of esters is 3. The average molecular weight is 940 g/mol. The maximum atomic E-state index is 12.8. The summed E-state index contributed by atoms with van der Waals surface area (Å²) in [4.78, 5) is 38.1. The van der Waals surface area contributed by atoms with Gasteiger partial charge in [-0.3, -0.25) is 14.4 Å². The molecule has 0 saturated carbocycles. The summed E-state index contributed by atoms with van der Waals surface area (Å²) in [7, 11) is 0. The van der Waals surface area contributed by atoms with Gasteiger partial charge in [0.15, 0.2) is 6.10 Å². The van der Waals surface area contributed by atoms with Crippen LogP contribution in [0.3, 0.4) is 0 Å². The van der Waals surface area contributed by atoms with Crippen molar-refractivity contribution in [2.24, 2.45) is 0 Å². The summed E-state index contributed by atoms with van der Waals surface area (Å²) in [5.41, 5.74) is 0. The largest absolute Gasteiger partial charge is 0.462 e. The van der Waals surface area contributed by atoms with Gasteiger partial charge in [-0.05, 0) is 77.0 Å². The lowest BCUT2D eigenvalue weighted by Crippen LogP contribution is -2.30. The van der Waals surface area contributed by atoms with Crippen molar-refractivity contribution < 1.29 is 28.6 Å². The first-order chi connectivity index (χ1) is 33.0. The molecule has 0 radical (unpaired) electrons. The smallest absolute Gasteiger partial charge is 0.306 e. The topological polar surface area (TPSA) is 78.9 Å². The van der Waals surface area contributed by atoms with Gasteiger partial charge in [0.25, 0.3) is 0 Å². The number of carbonyl (C=O) groups excluding carboxylic acids is 3. The first-order valence-corrected chi connectivity index (χ1v) is 29.1. The molecule has 0 unspecified atom stereocenters. The fourth-order valence-corrected chi connectivity index (χ4v) is 8.40. The van der Waals surface area contributed by atoms with Crippen molar-refractivity contribution in [3.63, 3.8) is 0 Å². The van der Waals surface area contributed by atoms with Gasteiger partial charge < -0.3 is 14.2 Å². The SMILES string of the molecule is CCCCCCCC/C=C\C/C=C\C/C=C\CCCC(=O)OC[C@@H](COC(=O)CCCCCCCCCCCCC/C=C\CCCCCCCC)OC(=O)CCCCCCCCCCCCC. The molecule has 0 saturated heterocycles. The second kappa shape index (κ2) is 56.0. The highest BCUT2D eigenvalue weighted by Crippen LogP contribution is 2.16. The molecule has 0 fully saturated rings. The summed E-state index contributed by atoms with van der Waals surface area (Å²) in [5.74, 6) is -0.929. The van der Waals surface area contributed by atoms with Crippen molar-refractivity contribution in [3.8, 4) is 0 Å². The van der Waals surface area contributed by atoms with Gasteiger partial charge in [0.2, 0.25) is 0 Å². The van der Waals surface area contributed by atoms with E-state index in [-0.39, 0.29) is 31.1 Å². The Balaban J connectivity index is 4.33. The zero-order valence-corrected chi connectivity index (χ0v) is 44.7. The third-order valence-corrected chi connectivity index (χ3v) is 12.8. The molecule has 0 heterocycles. The molecule has 0 aromatic heterocycles. The molecule has 0 aromatic rings. The van der Waals surface area contributed by atoms with E-state index in [2.05, 4.69) is 69.4 Å². The lowest BCUT2D eigenvalue weighted by atomic mass is 10.0. The van der Waals surface area contributed by atoms with E-state index in [0.29, 0.717) is 25.7 Å². The van der Waals surface area contributed by atoms with Crippen LogP contribution in [0.15, 0.2) is 48.6 Å². The van der Waals surface area contributed by atoms with E-state index in [4.69, 9.17) is 14.2 Å². The molecule has 1 atom stereocenters. The summed E-state index contributed by atoms with van der Waals surface area (Å²) in [6.45, 7) is 6.61. The van der Waals surface area contributed by atoms with Crippen LogP contribution in [-0.4, -0.2) is 37.2 Å². The Morgan fingerprint density at radius 3 is 0.910 bits per heavy atom. The fourth-order valence-electron chi connectivity index (χ4n) is 8.40. The summed E-state index contributed by atoms with van der Waals surface area (Å²) in [5, 5.41) is 0. The highest BCUT2D eigenvalue weighted by atomic mass is 16.6. The summed E-state index contributed by atoms with van der Waals surface area (Å²) >= 11 is 0. The van der Waals surface area contributed by atoms with Crippen LogP contribution in [0, 0.1) is 0 Å². The van der Waals surface area contributed by atoms with Crippen molar-refractivity contribution >= 4 is 17.9 Å². The highest BCUT2D eigenvalue weighted by molar-refractivity contribution is 5.71. The van der Waals surface area contributed by atoms with Crippen LogP contribution in [0.2, 0.25) is 0 Å². The van der Waals surface area contributed by atoms with Crippen LogP contribution in [0.5, 0.6) is 0 Å². The van der Waals surface area contributed by atoms with E-state index in [1.165, 1.54) is 199 Å². The molecule has 0 rings (SSSR count). The van der Waals surface area contributed by atoms with Gasteiger partial charge in [0.05, 0.1) is 0 Å². The van der Waals surface area contributed by atoms with E-state index in [1.807, 2.05) is 0 Å². The average Bonchev–Trinajstić information content (AvgIpc) is 3.33. The molecule has 0 N–H and O–H groups in total. The Kier molecular flexibility index (Phi) is 53.8. The maximum absolute atomic E-state index is 12.8. The van der Waals surface area contributed by atoms with Crippen LogP contribution < -0.4 is 0 Å². The predicted octanol–water partition coefficient (Wildman–Crippen LogP) is 19.4. The quantitative estimate of drug-likeness (QED) is 0.0262. The number of hydrogen-bond acceptors (Lipinski definition) is 6. The monoisotopic (exact) mass is 939 g/mol. The lowest BCUT2D eigenvalue weighted by molar-refractivity contribution is -0.167. The predicted molar refractivity (Wildman–Crippen MR) is 289 cm³/mol. The molecular formula is C61H110O6. The Hall–Kier alpha value is -2.63. The van der Waals surface area contributed by atoms with E-state index in [0.717, 1.165) is 57.8 Å².